The third-order valence-electron chi connectivity index (χ3n) is 11.1. The highest BCUT2D eigenvalue weighted by molar-refractivity contribution is 7.25. The molecule has 0 N–H and O–H groups in total. The van der Waals surface area contributed by atoms with Crippen LogP contribution < -0.4 is 0 Å². The Morgan fingerprint density at radius 2 is 0.895 bits per heavy atom. The van der Waals surface area contributed by atoms with Crippen LogP contribution in [-0.4, -0.2) is 19.5 Å². The van der Waals surface area contributed by atoms with E-state index in [4.69, 9.17) is 19.4 Å². The highest BCUT2D eigenvalue weighted by atomic mass is 32.1. The van der Waals surface area contributed by atoms with Crippen LogP contribution in [0.15, 0.2) is 186 Å². The summed E-state index contributed by atoms with van der Waals surface area (Å²) in [5.41, 5.74) is 9.77. The first-order chi connectivity index (χ1) is 28.3. The summed E-state index contributed by atoms with van der Waals surface area (Å²) >= 11 is 1.83. The molecule has 6 heteroatoms. The average molecular weight is 747 g/mol. The molecule has 0 amide bonds. The number of benzene rings is 8. The summed E-state index contributed by atoms with van der Waals surface area (Å²) in [6, 6.07) is 63.6. The number of nitrogens with zero attached hydrogens (tertiary/aromatic N) is 4. The molecule has 12 aromatic rings. The van der Waals surface area contributed by atoms with E-state index >= 15 is 0 Å². The lowest BCUT2D eigenvalue weighted by atomic mass is 9.94. The van der Waals surface area contributed by atoms with Gasteiger partial charge in [0, 0.05) is 53.0 Å². The Kier molecular flexibility index (Phi) is 7.03. The predicted molar refractivity (Wildman–Crippen MR) is 236 cm³/mol. The van der Waals surface area contributed by atoms with Gasteiger partial charge < -0.3 is 8.98 Å². The molecule has 4 heterocycles. The summed E-state index contributed by atoms with van der Waals surface area (Å²) < 4.78 is 11.8. The van der Waals surface area contributed by atoms with Crippen molar-refractivity contribution < 1.29 is 4.42 Å². The van der Waals surface area contributed by atoms with E-state index in [0.717, 1.165) is 60.9 Å². The first-order valence-corrected chi connectivity index (χ1v) is 19.8. The Hall–Kier alpha value is -7.41. The van der Waals surface area contributed by atoms with E-state index in [1.807, 2.05) is 47.7 Å². The molecule has 0 aliphatic heterocycles. The van der Waals surface area contributed by atoms with Crippen molar-refractivity contribution in [2.75, 3.05) is 0 Å². The van der Waals surface area contributed by atoms with E-state index in [1.165, 1.54) is 36.5 Å². The monoisotopic (exact) mass is 746 g/mol. The van der Waals surface area contributed by atoms with Crippen LogP contribution in [0.4, 0.5) is 0 Å². The molecule has 0 saturated carbocycles. The molecule has 266 valence electrons. The second-order valence-corrected chi connectivity index (χ2v) is 15.4. The van der Waals surface area contributed by atoms with Gasteiger partial charge >= 0.3 is 0 Å². The minimum Gasteiger partial charge on any atom is -0.456 e. The van der Waals surface area contributed by atoms with Crippen LogP contribution >= 0.6 is 11.3 Å². The number of fused-ring (bicyclic) bond motifs is 9. The topological polar surface area (TPSA) is 56.7 Å². The first kappa shape index (κ1) is 31.9. The Morgan fingerprint density at radius 1 is 0.368 bits per heavy atom. The van der Waals surface area contributed by atoms with Crippen LogP contribution in [0.25, 0.3) is 115 Å². The zero-order chi connectivity index (χ0) is 37.5. The summed E-state index contributed by atoms with van der Waals surface area (Å²) in [5, 5.41) is 6.91. The number of furan rings is 1. The molecule has 0 saturated heterocycles. The van der Waals surface area contributed by atoms with Crippen molar-refractivity contribution in [1.82, 2.24) is 19.5 Å². The number of hydrogen-bond acceptors (Lipinski definition) is 5. The molecule has 0 unspecified atom stereocenters. The van der Waals surface area contributed by atoms with Crippen molar-refractivity contribution in [1.29, 1.82) is 0 Å². The van der Waals surface area contributed by atoms with Gasteiger partial charge in [0.15, 0.2) is 17.5 Å². The van der Waals surface area contributed by atoms with Crippen molar-refractivity contribution in [2.24, 2.45) is 0 Å². The fourth-order valence-corrected chi connectivity index (χ4v) is 9.75. The molecule has 12 rings (SSSR count). The third-order valence-corrected chi connectivity index (χ3v) is 12.2. The van der Waals surface area contributed by atoms with Gasteiger partial charge in [0.2, 0.25) is 0 Å². The minimum atomic E-state index is 0.583. The summed E-state index contributed by atoms with van der Waals surface area (Å²) in [6.07, 6.45) is 0. The minimum absolute atomic E-state index is 0.583. The molecule has 0 bridgehead atoms. The summed E-state index contributed by atoms with van der Waals surface area (Å²) in [5.74, 6) is 1.81. The second-order valence-electron chi connectivity index (χ2n) is 14.3. The Morgan fingerprint density at radius 3 is 1.58 bits per heavy atom. The average Bonchev–Trinajstić information content (AvgIpc) is 3.96. The molecular formula is C51H30N4OS. The Bertz CT molecular complexity index is 3420. The van der Waals surface area contributed by atoms with Crippen LogP contribution in [0.5, 0.6) is 0 Å². The fraction of sp³-hybridized carbons (Fsp3) is 0. The molecule has 0 aliphatic carbocycles. The maximum absolute atomic E-state index is 6.87. The van der Waals surface area contributed by atoms with Gasteiger partial charge in [-0.15, -0.1) is 11.3 Å². The van der Waals surface area contributed by atoms with Gasteiger partial charge in [0.1, 0.15) is 11.2 Å². The molecule has 0 atom stereocenters. The standard InChI is InChI=1S/C51H30N4OS/c1-3-15-31(16-4-1)49-52-50(32-17-5-2-6-18-32)54-51(53-49)38-29-30-42-47(48(38)55-39-24-10-7-19-33(39)34-20-8-11-25-40(34)55)46-36(22-13-26-41(46)56-42)35-23-14-28-44-45(35)37-21-9-12-27-43(37)57-44/h1-30H. The van der Waals surface area contributed by atoms with Crippen molar-refractivity contribution >= 4 is 75.3 Å². The van der Waals surface area contributed by atoms with Crippen molar-refractivity contribution in [3.05, 3.63) is 182 Å². The number of para-hydroxylation sites is 2. The van der Waals surface area contributed by atoms with Gasteiger partial charge in [-0.2, -0.15) is 0 Å². The van der Waals surface area contributed by atoms with E-state index in [-0.39, 0.29) is 0 Å². The zero-order valence-electron chi connectivity index (χ0n) is 30.4. The largest absolute Gasteiger partial charge is 0.456 e. The van der Waals surface area contributed by atoms with Gasteiger partial charge in [-0.05, 0) is 53.6 Å². The van der Waals surface area contributed by atoms with Crippen LogP contribution in [-0.2, 0) is 0 Å². The van der Waals surface area contributed by atoms with Crippen LogP contribution in [0.1, 0.15) is 0 Å². The zero-order valence-corrected chi connectivity index (χ0v) is 31.2. The van der Waals surface area contributed by atoms with Crippen LogP contribution in [0, 0.1) is 0 Å². The van der Waals surface area contributed by atoms with Gasteiger partial charge in [-0.1, -0.05) is 140 Å². The van der Waals surface area contributed by atoms with Gasteiger partial charge in [0.25, 0.3) is 0 Å². The number of rotatable bonds is 5. The van der Waals surface area contributed by atoms with E-state index in [9.17, 15) is 0 Å². The predicted octanol–water partition coefficient (Wildman–Crippen LogP) is 13.9. The van der Waals surface area contributed by atoms with Gasteiger partial charge in [0.05, 0.1) is 22.1 Å². The lowest BCUT2D eigenvalue weighted by Crippen LogP contribution is -2.04. The van der Waals surface area contributed by atoms with E-state index in [1.54, 1.807) is 0 Å². The highest BCUT2D eigenvalue weighted by Crippen LogP contribution is 2.48. The third kappa shape index (κ3) is 4.91. The SMILES string of the molecule is c1ccc(-c2nc(-c3ccccc3)nc(-c3ccc4oc5cccc(-c6cccc7sc8ccccc8c67)c5c4c3-n3c4ccccc4c4ccccc43)n2)cc1. The maximum atomic E-state index is 6.87. The van der Waals surface area contributed by atoms with E-state index in [0.29, 0.717) is 17.5 Å². The van der Waals surface area contributed by atoms with E-state index < -0.39 is 0 Å². The van der Waals surface area contributed by atoms with Crippen LogP contribution in [0.3, 0.4) is 0 Å². The Balaban J connectivity index is 1.26. The van der Waals surface area contributed by atoms with Gasteiger partial charge in [-0.3, -0.25) is 0 Å². The normalized spacial score (nSPS) is 11.9. The van der Waals surface area contributed by atoms with Crippen molar-refractivity contribution in [3.63, 3.8) is 0 Å². The summed E-state index contributed by atoms with van der Waals surface area (Å²) in [4.78, 5) is 15.6. The smallest absolute Gasteiger partial charge is 0.166 e. The molecule has 4 aromatic heterocycles. The molecule has 0 spiro atoms. The Labute approximate surface area is 330 Å². The number of aromatic nitrogens is 4. The second kappa shape index (κ2) is 12.6. The molecular weight excluding hydrogens is 717 g/mol. The van der Waals surface area contributed by atoms with E-state index in [2.05, 4.69) is 150 Å². The quantitative estimate of drug-likeness (QED) is 0.176. The first-order valence-electron chi connectivity index (χ1n) is 19.0. The van der Waals surface area contributed by atoms with Crippen LogP contribution in [0.2, 0.25) is 0 Å². The van der Waals surface area contributed by atoms with Gasteiger partial charge in [-0.25, -0.2) is 15.0 Å². The maximum Gasteiger partial charge on any atom is 0.166 e. The molecule has 57 heavy (non-hydrogen) atoms. The number of thiophene rings is 1. The summed E-state index contributed by atoms with van der Waals surface area (Å²) in [6.45, 7) is 0. The molecule has 0 fully saturated rings. The lowest BCUT2D eigenvalue weighted by Gasteiger charge is -2.16. The van der Waals surface area contributed by atoms with Crippen molar-refractivity contribution in [2.45, 2.75) is 0 Å². The molecule has 5 nitrogen and oxygen atoms in total. The molecule has 8 aromatic carbocycles. The fourth-order valence-electron chi connectivity index (χ4n) is 8.62. The lowest BCUT2D eigenvalue weighted by molar-refractivity contribution is 0.669. The molecule has 0 aliphatic rings. The van der Waals surface area contributed by atoms with Crippen molar-refractivity contribution in [3.8, 4) is 51.0 Å². The highest BCUT2D eigenvalue weighted by Gasteiger charge is 2.26. The molecule has 0 radical (unpaired) electrons. The number of hydrogen-bond donors (Lipinski definition) is 0. The summed E-state index contributed by atoms with van der Waals surface area (Å²) in [7, 11) is 0.